The number of nitrogens with one attached hydrogen (secondary N) is 2. The van der Waals surface area contributed by atoms with Crippen molar-refractivity contribution in [1.29, 1.82) is 0 Å². The fraction of sp³-hybridized carbons (Fsp3) is 0.923. The average Bonchev–Trinajstić information content (AvgIpc) is 2.49. The van der Waals surface area contributed by atoms with Crippen molar-refractivity contribution in [3.05, 3.63) is 0 Å². The predicted octanol–water partition coefficient (Wildman–Crippen LogP) is 1.93. The monoisotopic (exact) mass is 226 g/mol. The van der Waals surface area contributed by atoms with Gasteiger partial charge >= 0.3 is 0 Å². The third kappa shape index (κ3) is 2.97. The zero-order valence-corrected chi connectivity index (χ0v) is 11.3. The van der Waals surface area contributed by atoms with Crippen LogP contribution in [0.1, 0.15) is 47.5 Å². The van der Waals surface area contributed by atoms with Gasteiger partial charge in [0.15, 0.2) is 0 Å². The molecule has 1 fully saturated rings. The van der Waals surface area contributed by atoms with E-state index in [9.17, 15) is 4.79 Å². The quantitative estimate of drug-likeness (QED) is 0.769. The van der Waals surface area contributed by atoms with Crippen LogP contribution in [-0.4, -0.2) is 24.0 Å². The summed E-state index contributed by atoms with van der Waals surface area (Å²) in [6.07, 6.45) is 2.35. The Balaban J connectivity index is 2.51. The molecule has 94 valence electrons. The molecule has 3 nitrogen and oxygen atoms in total. The molecule has 16 heavy (non-hydrogen) atoms. The minimum absolute atomic E-state index is 0.125. The van der Waals surface area contributed by atoms with Crippen molar-refractivity contribution in [3.8, 4) is 0 Å². The van der Waals surface area contributed by atoms with Crippen LogP contribution in [0.4, 0.5) is 0 Å². The molecule has 3 heteroatoms. The predicted molar refractivity (Wildman–Crippen MR) is 67.2 cm³/mol. The summed E-state index contributed by atoms with van der Waals surface area (Å²) in [4.78, 5) is 12.1. The van der Waals surface area contributed by atoms with Gasteiger partial charge in [0.2, 0.25) is 5.91 Å². The Bertz CT molecular complexity index is 250. The van der Waals surface area contributed by atoms with Crippen LogP contribution < -0.4 is 10.6 Å². The minimum atomic E-state index is -0.458. The highest BCUT2D eigenvalue weighted by molar-refractivity contribution is 5.85. The Morgan fingerprint density at radius 3 is 2.38 bits per heavy atom. The summed E-state index contributed by atoms with van der Waals surface area (Å²) in [6.45, 7) is 11.2. The van der Waals surface area contributed by atoms with Crippen molar-refractivity contribution in [2.75, 3.05) is 6.54 Å². The van der Waals surface area contributed by atoms with Crippen LogP contribution in [0.2, 0.25) is 0 Å². The molecule has 0 saturated heterocycles. The van der Waals surface area contributed by atoms with E-state index in [2.05, 4.69) is 24.5 Å². The lowest BCUT2D eigenvalue weighted by Gasteiger charge is -2.28. The van der Waals surface area contributed by atoms with Gasteiger partial charge in [-0.15, -0.1) is 0 Å². The molecular formula is C13H26N2O. The van der Waals surface area contributed by atoms with Crippen molar-refractivity contribution in [1.82, 2.24) is 10.6 Å². The van der Waals surface area contributed by atoms with Gasteiger partial charge in [-0.25, -0.2) is 0 Å². The molecule has 1 rings (SSSR count). The molecule has 0 bridgehead atoms. The fourth-order valence-corrected chi connectivity index (χ4v) is 2.44. The molecule has 1 aliphatic carbocycles. The van der Waals surface area contributed by atoms with Gasteiger partial charge in [0, 0.05) is 6.04 Å². The zero-order chi connectivity index (χ0) is 12.3. The summed E-state index contributed by atoms with van der Waals surface area (Å²) in [5.41, 5.74) is -0.458. The molecular weight excluding hydrogens is 200 g/mol. The second-order valence-electron chi connectivity index (χ2n) is 5.65. The van der Waals surface area contributed by atoms with Crippen LogP contribution in [0, 0.1) is 11.8 Å². The van der Waals surface area contributed by atoms with Gasteiger partial charge in [-0.05, 0) is 45.1 Å². The minimum Gasteiger partial charge on any atom is -0.352 e. The highest BCUT2D eigenvalue weighted by Crippen LogP contribution is 2.31. The number of hydrogen-bond donors (Lipinski definition) is 2. The van der Waals surface area contributed by atoms with Crippen molar-refractivity contribution in [2.24, 2.45) is 11.8 Å². The second-order valence-corrected chi connectivity index (χ2v) is 5.65. The average molecular weight is 226 g/mol. The third-order valence-corrected chi connectivity index (χ3v) is 3.97. The maximum atomic E-state index is 12.1. The topological polar surface area (TPSA) is 41.1 Å². The Labute approximate surface area is 99.4 Å². The molecule has 3 atom stereocenters. The second kappa shape index (κ2) is 5.17. The van der Waals surface area contributed by atoms with Gasteiger partial charge < -0.3 is 10.6 Å². The number of amides is 1. The molecule has 2 N–H and O–H groups in total. The first-order chi connectivity index (χ1) is 7.38. The van der Waals surface area contributed by atoms with Gasteiger partial charge in [0.05, 0.1) is 5.54 Å². The highest BCUT2D eigenvalue weighted by Gasteiger charge is 2.34. The number of carbonyl (C=O) groups excluding carboxylic acids is 1. The Kier molecular flexibility index (Phi) is 4.36. The van der Waals surface area contributed by atoms with Gasteiger partial charge in [0.25, 0.3) is 0 Å². The molecule has 3 unspecified atom stereocenters. The molecule has 0 spiro atoms. The fourth-order valence-electron chi connectivity index (χ4n) is 2.44. The lowest BCUT2D eigenvalue weighted by atomic mass is 9.96. The molecule has 0 heterocycles. The molecule has 1 saturated carbocycles. The summed E-state index contributed by atoms with van der Waals surface area (Å²) < 4.78 is 0. The smallest absolute Gasteiger partial charge is 0.239 e. The summed E-state index contributed by atoms with van der Waals surface area (Å²) >= 11 is 0. The van der Waals surface area contributed by atoms with Crippen LogP contribution >= 0.6 is 0 Å². The molecule has 1 aliphatic rings. The molecule has 0 aromatic carbocycles. The van der Waals surface area contributed by atoms with E-state index < -0.39 is 5.54 Å². The van der Waals surface area contributed by atoms with E-state index >= 15 is 0 Å². The number of carbonyl (C=O) groups is 1. The van der Waals surface area contributed by atoms with Gasteiger partial charge in [-0.2, -0.15) is 0 Å². The third-order valence-electron chi connectivity index (χ3n) is 3.97. The van der Waals surface area contributed by atoms with Crippen LogP contribution in [0.5, 0.6) is 0 Å². The van der Waals surface area contributed by atoms with Gasteiger partial charge in [-0.3, -0.25) is 4.79 Å². The van der Waals surface area contributed by atoms with E-state index in [1.807, 2.05) is 20.8 Å². The number of rotatable bonds is 4. The standard InChI is InChI=1S/C13H26N2O/c1-6-14-13(4,5)12(16)15-11-8-7-9(2)10(11)3/h9-11,14H,6-8H2,1-5H3,(H,15,16). The van der Waals surface area contributed by atoms with E-state index in [1.165, 1.54) is 6.42 Å². The molecule has 0 radical (unpaired) electrons. The number of hydrogen-bond acceptors (Lipinski definition) is 2. The lowest BCUT2D eigenvalue weighted by Crippen LogP contribution is -2.55. The van der Waals surface area contributed by atoms with Crippen molar-refractivity contribution in [3.63, 3.8) is 0 Å². The van der Waals surface area contributed by atoms with E-state index in [4.69, 9.17) is 0 Å². The Hall–Kier alpha value is -0.570. The zero-order valence-electron chi connectivity index (χ0n) is 11.3. The largest absolute Gasteiger partial charge is 0.352 e. The normalized spacial score (nSPS) is 30.4. The SMILES string of the molecule is CCNC(C)(C)C(=O)NC1CCC(C)C1C. The van der Waals surface area contributed by atoms with Crippen LogP contribution in [0.3, 0.4) is 0 Å². The van der Waals surface area contributed by atoms with Crippen LogP contribution in [-0.2, 0) is 4.79 Å². The maximum Gasteiger partial charge on any atom is 0.239 e. The van der Waals surface area contributed by atoms with Crippen LogP contribution in [0.15, 0.2) is 0 Å². The summed E-state index contributed by atoms with van der Waals surface area (Å²) in [5.74, 6) is 1.45. The summed E-state index contributed by atoms with van der Waals surface area (Å²) in [6, 6.07) is 0.362. The molecule has 0 aromatic rings. The molecule has 0 aromatic heterocycles. The first-order valence-electron chi connectivity index (χ1n) is 6.44. The highest BCUT2D eigenvalue weighted by atomic mass is 16.2. The van der Waals surface area contributed by atoms with E-state index in [1.54, 1.807) is 0 Å². The van der Waals surface area contributed by atoms with Crippen molar-refractivity contribution >= 4 is 5.91 Å². The number of likely N-dealkylation sites (N-methyl/N-ethyl adjacent to an activating group) is 1. The summed E-state index contributed by atoms with van der Waals surface area (Å²) in [5, 5.41) is 6.39. The molecule has 1 amide bonds. The Morgan fingerprint density at radius 2 is 1.94 bits per heavy atom. The van der Waals surface area contributed by atoms with Gasteiger partial charge in [-0.1, -0.05) is 20.8 Å². The first-order valence-corrected chi connectivity index (χ1v) is 6.44. The first kappa shape index (κ1) is 13.5. The van der Waals surface area contributed by atoms with Gasteiger partial charge in [0.1, 0.15) is 0 Å². The van der Waals surface area contributed by atoms with E-state index in [-0.39, 0.29) is 5.91 Å². The maximum absolute atomic E-state index is 12.1. The van der Waals surface area contributed by atoms with E-state index in [0.29, 0.717) is 12.0 Å². The summed E-state index contributed by atoms with van der Waals surface area (Å²) in [7, 11) is 0. The van der Waals surface area contributed by atoms with E-state index in [0.717, 1.165) is 18.9 Å². The lowest BCUT2D eigenvalue weighted by molar-refractivity contribution is -0.127. The van der Waals surface area contributed by atoms with Crippen molar-refractivity contribution < 1.29 is 4.79 Å². The Morgan fingerprint density at radius 1 is 1.31 bits per heavy atom. The molecule has 0 aliphatic heterocycles. The van der Waals surface area contributed by atoms with Crippen LogP contribution in [0.25, 0.3) is 0 Å². The van der Waals surface area contributed by atoms with Crippen molar-refractivity contribution in [2.45, 2.75) is 59.0 Å².